The van der Waals surface area contributed by atoms with Crippen molar-refractivity contribution in [3.63, 3.8) is 0 Å². The third-order valence-corrected chi connectivity index (χ3v) is 0.907. The van der Waals surface area contributed by atoms with E-state index in [1.54, 1.807) is 6.21 Å². The van der Waals surface area contributed by atoms with Crippen molar-refractivity contribution < 1.29 is 4.74 Å². The van der Waals surface area contributed by atoms with Gasteiger partial charge in [-0.25, -0.2) is 0 Å². The molecule has 1 atom stereocenters. The predicted molar refractivity (Wildman–Crippen MR) is 26.6 cm³/mol. The molecule has 1 unspecified atom stereocenters. The number of rotatable bonds is 0. The summed E-state index contributed by atoms with van der Waals surface area (Å²) in [6.07, 6.45) is 1.67. The van der Waals surface area contributed by atoms with E-state index in [4.69, 9.17) is 4.74 Å². The fourth-order valence-corrected chi connectivity index (χ4v) is 0.464. The van der Waals surface area contributed by atoms with Crippen LogP contribution in [0, 0.1) is 6.73 Å². The zero-order valence-corrected chi connectivity index (χ0v) is 4.55. The van der Waals surface area contributed by atoms with Gasteiger partial charge in [0, 0.05) is 6.21 Å². The molecule has 0 saturated carbocycles. The molecule has 1 heterocycles. The Morgan fingerprint density at radius 3 is 2.83 bits per heavy atom. The Balaban J connectivity index is 2.38. The maximum atomic E-state index is 4.72. The molecule has 1 aliphatic heterocycles. The number of halogens is 1. The van der Waals surface area contributed by atoms with Crippen LogP contribution in [0.1, 0.15) is 0 Å². The molecule has 0 spiro atoms. The maximum absolute atomic E-state index is 4.72. The van der Waals surface area contributed by atoms with Gasteiger partial charge in [-0.05, 0) is 0 Å². The van der Waals surface area contributed by atoms with Crippen LogP contribution < -0.4 is 0 Å². The number of alkyl halides is 1. The van der Waals surface area contributed by atoms with Crippen molar-refractivity contribution >= 4 is 22.1 Å². The van der Waals surface area contributed by atoms with Crippen molar-refractivity contribution in [3.8, 4) is 0 Å². The zero-order chi connectivity index (χ0) is 4.41. The van der Waals surface area contributed by atoms with Gasteiger partial charge in [0.15, 0.2) is 6.73 Å². The summed E-state index contributed by atoms with van der Waals surface area (Å²) in [5.74, 6) is 0. The van der Waals surface area contributed by atoms with E-state index in [2.05, 4.69) is 20.9 Å². The first-order chi connectivity index (χ1) is 2.89. The summed E-state index contributed by atoms with van der Waals surface area (Å²) in [6.45, 7) is 1.40. The van der Waals surface area contributed by atoms with Crippen LogP contribution in [-0.4, -0.2) is 11.2 Å². The van der Waals surface area contributed by atoms with Crippen molar-refractivity contribution in [1.29, 1.82) is 0 Å². The molecule has 2 nitrogen and oxygen atoms in total. The smallest absolute Gasteiger partial charge is 0.196 e. The third-order valence-electron chi connectivity index (χ3n) is 0.455. The highest BCUT2D eigenvalue weighted by Gasteiger charge is 2.02. The Hall–Kier alpha value is 0.110. The molecule has 1 aliphatic rings. The van der Waals surface area contributed by atoms with Crippen LogP contribution in [0.5, 0.6) is 0 Å². The van der Waals surface area contributed by atoms with Gasteiger partial charge in [0.05, 0.1) is 0 Å². The van der Waals surface area contributed by atoms with Crippen molar-refractivity contribution in [2.45, 2.75) is 5.01 Å². The topological polar surface area (TPSA) is 21.6 Å². The van der Waals surface area contributed by atoms with E-state index in [1.807, 2.05) is 0 Å². The van der Waals surface area contributed by atoms with Gasteiger partial charge in [0.2, 0.25) is 0 Å². The Morgan fingerprint density at radius 2 is 2.67 bits per heavy atom. The number of hydrogen-bond donors (Lipinski definition) is 0. The van der Waals surface area contributed by atoms with Gasteiger partial charge in [-0.1, -0.05) is 15.9 Å². The van der Waals surface area contributed by atoms with Crippen LogP contribution in [0.3, 0.4) is 0 Å². The molecule has 0 amide bonds. The lowest BCUT2D eigenvalue weighted by Crippen LogP contribution is -1.92. The minimum atomic E-state index is 0.0116. The van der Waals surface area contributed by atoms with Crippen LogP contribution >= 0.6 is 15.9 Å². The largest absolute Gasteiger partial charge is 0.331 e. The van der Waals surface area contributed by atoms with Gasteiger partial charge in [0.1, 0.15) is 5.01 Å². The summed E-state index contributed by atoms with van der Waals surface area (Å²) < 4.78 is 4.72. The maximum Gasteiger partial charge on any atom is 0.196 e. The second-order valence-corrected chi connectivity index (χ2v) is 1.79. The monoisotopic (exact) mass is 148 g/mol. The van der Waals surface area contributed by atoms with Crippen molar-refractivity contribution in [2.75, 3.05) is 0 Å². The molecule has 0 bridgehead atoms. The molecule has 1 rings (SSSR count). The van der Waals surface area contributed by atoms with Gasteiger partial charge < -0.3 is 4.74 Å². The first kappa shape index (κ1) is 4.27. The highest BCUT2D eigenvalue weighted by Crippen LogP contribution is 2.06. The molecule has 3 heteroatoms. The van der Waals surface area contributed by atoms with Gasteiger partial charge in [0.25, 0.3) is 0 Å². The molecule has 0 aromatic rings. The van der Waals surface area contributed by atoms with Crippen molar-refractivity contribution in [2.24, 2.45) is 4.99 Å². The van der Waals surface area contributed by atoms with Crippen molar-refractivity contribution in [1.82, 2.24) is 0 Å². The second kappa shape index (κ2) is 1.71. The summed E-state index contributed by atoms with van der Waals surface area (Å²) in [7, 11) is 0. The fourth-order valence-electron chi connectivity index (χ4n) is 0.231. The summed E-state index contributed by atoms with van der Waals surface area (Å²) in [5.41, 5.74) is 0. The molecule has 0 aliphatic carbocycles. The van der Waals surface area contributed by atoms with Gasteiger partial charge in [-0.2, -0.15) is 0 Å². The summed E-state index contributed by atoms with van der Waals surface area (Å²) in [6, 6.07) is 0. The van der Waals surface area contributed by atoms with E-state index < -0.39 is 0 Å². The SMILES string of the molecule is BrC1C=N[CH]O1. The molecular weight excluding hydrogens is 146 g/mol. The first-order valence-corrected chi connectivity index (χ1v) is 2.46. The minimum absolute atomic E-state index is 0.0116. The van der Waals surface area contributed by atoms with Crippen LogP contribution in [0.2, 0.25) is 0 Å². The molecule has 1 radical (unpaired) electrons. The van der Waals surface area contributed by atoms with Gasteiger partial charge in [-0.3, -0.25) is 4.99 Å². The van der Waals surface area contributed by atoms with E-state index >= 15 is 0 Å². The highest BCUT2D eigenvalue weighted by atomic mass is 79.9. The van der Waals surface area contributed by atoms with Gasteiger partial charge in [-0.15, -0.1) is 0 Å². The molecule has 0 saturated heterocycles. The Kier molecular flexibility index (Phi) is 1.22. The standard InChI is InChI=1S/C3H3BrNO/c4-3-1-5-2-6-3/h1-3H. The van der Waals surface area contributed by atoms with E-state index in [0.717, 1.165) is 0 Å². The fraction of sp³-hybridized carbons (Fsp3) is 0.333. The average Bonchev–Trinajstić information content (AvgIpc) is 1.86. The van der Waals surface area contributed by atoms with E-state index in [9.17, 15) is 0 Å². The van der Waals surface area contributed by atoms with Gasteiger partial charge >= 0.3 is 0 Å². The molecule has 0 aromatic heterocycles. The van der Waals surface area contributed by atoms with Crippen LogP contribution in [0.4, 0.5) is 0 Å². The molecule has 0 fully saturated rings. The zero-order valence-electron chi connectivity index (χ0n) is 2.97. The minimum Gasteiger partial charge on any atom is -0.331 e. The molecule has 33 valence electrons. The Morgan fingerprint density at radius 1 is 1.83 bits per heavy atom. The average molecular weight is 149 g/mol. The lowest BCUT2D eigenvalue weighted by Gasteiger charge is -1.87. The predicted octanol–water partition coefficient (Wildman–Crippen LogP) is 0.928. The van der Waals surface area contributed by atoms with E-state index in [-0.39, 0.29) is 5.01 Å². The summed E-state index contributed by atoms with van der Waals surface area (Å²) in [4.78, 5) is 3.65. The third kappa shape index (κ3) is 0.786. The Bertz CT molecular complexity index is 73.2. The molecular formula is C3H3BrNO. The highest BCUT2D eigenvalue weighted by molar-refractivity contribution is 9.09. The Labute approximate surface area is 44.3 Å². The number of hydrogen-bond acceptors (Lipinski definition) is 2. The lowest BCUT2D eigenvalue weighted by atomic mass is 10.8. The van der Waals surface area contributed by atoms with Crippen LogP contribution in [-0.2, 0) is 4.74 Å². The molecule has 0 aromatic carbocycles. The van der Waals surface area contributed by atoms with Crippen molar-refractivity contribution in [3.05, 3.63) is 6.73 Å². The molecule has 0 N–H and O–H groups in total. The number of aliphatic imine (C=N–C) groups is 1. The second-order valence-electron chi connectivity index (χ2n) is 0.891. The number of ether oxygens (including phenoxy) is 1. The van der Waals surface area contributed by atoms with Crippen LogP contribution in [0.25, 0.3) is 0 Å². The summed E-state index contributed by atoms with van der Waals surface area (Å²) >= 11 is 3.14. The number of nitrogens with zero attached hydrogens (tertiary/aromatic N) is 1. The van der Waals surface area contributed by atoms with E-state index in [1.165, 1.54) is 6.73 Å². The lowest BCUT2D eigenvalue weighted by molar-refractivity contribution is 0.248. The summed E-state index contributed by atoms with van der Waals surface area (Å²) in [5, 5.41) is 0.0116. The first-order valence-electron chi connectivity index (χ1n) is 1.54. The van der Waals surface area contributed by atoms with E-state index in [0.29, 0.717) is 0 Å². The normalized spacial score (nSPS) is 31.8. The molecule has 6 heavy (non-hydrogen) atoms. The van der Waals surface area contributed by atoms with Crippen LogP contribution in [0.15, 0.2) is 4.99 Å². The quantitative estimate of drug-likeness (QED) is 0.469.